The Kier molecular flexibility index (Phi) is 4.27. The van der Waals surface area contributed by atoms with Gasteiger partial charge < -0.3 is 9.84 Å². The van der Waals surface area contributed by atoms with E-state index in [0.29, 0.717) is 0 Å². The number of hydrogen-bond donors (Lipinski definition) is 1. The van der Waals surface area contributed by atoms with E-state index in [9.17, 15) is 9.90 Å². The summed E-state index contributed by atoms with van der Waals surface area (Å²) in [6, 6.07) is 0. The molecular weight excluding hydrogens is 248 g/mol. The van der Waals surface area contributed by atoms with Gasteiger partial charge in [0.05, 0.1) is 11.0 Å². The molecule has 0 bridgehead atoms. The lowest BCUT2D eigenvalue weighted by Gasteiger charge is -2.45. The smallest absolute Gasteiger partial charge is 0.309 e. The molecule has 2 aliphatic heterocycles. The van der Waals surface area contributed by atoms with Crippen LogP contribution in [0.5, 0.6) is 0 Å². The lowest BCUT2D eigenvalue weighted by molar-refractivity contribution is -0.162. The van der Waals surface area contributed by atoms with E-state index in [1.807, 2.05) is 25.6 Å². The van der Waals surface area contributed by atoms with E-state index >= 15 is 0 Å². The fraction of sp³-hybridized carbons (Fsp3) is 0.929. The number of ether oxygens (including phenoxy) is 1. The van der Waals surface area contributed by atoms with E-state index in [-0.39, 0.29) is 11.5 Å². The van der Waals surface area contributed by atoms with Crippen molar-refractivity contribution in [1.82, 2.24) is 0 Å². The third kappa shape index (κ3) is 2.29. The van der Waals surface area contributed by atoms with Crippen LogP contribution in [0.3, 0.4) is 0 Å². The van der Waals surface area contributed by atoms with Gasteiger partial charge in [-0.2, -0.15) is 11.8 Å². The lowest BCUT2D eigenvalue weighted by atomic mass is 9.65. The second-order valence-electron chi connectivity index (χ2n) is 5.69. The van der Waals surface area contributed by atoms with Gasteiger partial charge in [0, 0.05) is 12.4 Å². The summed E-state index contributed by atoms with van der Waals surface area (Å²) in [5, 5.41) is 9.66. The second-order valence-corrected chi connectivity index (χ2v) is 6.80. The van der Waals surface area contributed by atoms with Crippen molar-refractivity contribution in [2.75, 3.05) is 18.1 Å². The van der Waals surface area contributed by atoms with Crippen molar-refractivity contribution < 1.29 is 14.6 Å². The van der Waals surface area contributed by atoms with Crippen LogP contribution in [-0.4, -0.2) is 34.8 Å². The van der Waals surface area contributed by atoms with Gasteiger partial charge in [-0.1, -0.05) is 13.8 Å². The molecule has 104 valence electrons. The van der Waals surface area contributed by atoms with Crippen molar-refractivity contribution in [2.24, 2.45) is 11.3 Å². The molecule has 0 aromatic rings. The lowest BCUT2D eigenvalue weighted by Crippen LogP contribution is -2.48. The molecule has 2 rings (SSSR count). The molecule has 18 heavy (non-hydrogen) atoms. The molecule has 1 spiro atoms. The van der Waals surface area contributed by atoms with Crippen LogP contribution in [0.2, 0.25) is 0 Å². The first-order chi connectivity index (χ1) is 8.58. The first-order valence-electron chi connectivity index (χ1n) is 7.04. The minimum Gasteiger partial charge on any atom is -0.481 e. The fourth-order valence-corrected chi connectivity index (χ4v) is 5.05. The Balaban J connectivity index is 2.18. The summed E-state index contributed by atoms with van der Waals surface area (Å²) < 4.78 is 6.01. The summed E-state index contributed by atoms with van der Waals surface area (Å²) in [6.45, 7) is 4.77. The quantitative estimate of drug-likeness (QED) is 0.854. The number of carboxylic acid groups (broad SMARTS) is 1. The van der Waals surface area contributed by atoms with Crippen LogP contribution in [0.15, 0.2) is 0 Å². The molecule has 1 N–H and O–H groups in total. The molecule has 0 aliphatic carbocycles. The maximum Gasteiger partial charge on any atom is 0.309 e. The van der Waals surface area contributed by atoms with Crippen LogP contribution in [-0.2, 0) is 9.53 Å². The topological polar surface area (TPSA) is 46.5 Å². The highest BCUT2D eigenvalue weighted by molar-refractivity contribution is 7.99. The van der Waals surface area contributed by atoms with E-state index in [1.54, 1.807) is 0 Å². The Hall–Kier alpha value is -0.220. The van der Waals surface area contributed by atoms with E-state index in [1.165, 1.54) is 0 Å². The number of aliphatic carboxylic acids is 1. The van der Waals surface area contributed by atoms with Gasteiger partial charge in [0.2, 0.25) is 0 Å². The summed E-state index contributed by atoms with van der Waals surface area (Å²) in [4.78, 5) is 11.7. The summed E-state index contributed by atoms with van der Waals surface area (Å²) in [7, 11) is 0. The third-order valence-electron chi connectivity index (χ3n) is 5.03. The fourth-order valence-electron chi connectivity index (χ4n) is 3.67. The Morgan fingerprint density at radius 1 is 1.50 bits per heavy atom. The Morgan fingerprint density at radius 3 is 2.72 bits per heavy atom. The predicted octanol–water partition coefficient (Wildman–Crippen LogP) is 3.18. The maximum absolute atomic E-state index is 11.7. The Morgan fingerprint density at radius 2 is 2.22 bits per heavy atom. The average molecular weight is 272 g/mol. The summed E-state index contributed by atoms with van der Waals surface area (Å²) in [6.07, 6.45) is 4.39. The van der Waals surface area contributed by atoms with Crippen molar-refractivity contribution >= 4 is 17.7 Å². The van der Waals surface area contributed by atoms with Crippen molar-refractivity contribution in [1.29, 1.82) is 0 Å². The number of rotatable bonds is 4. The van der Waals surface area contributed by atoms with Crippen LogP contribution in [0.25, 0.3) is 0 Å². The minimum absolute atomic E-state index is 0.0153. The molecule has 0 aromatic carbocycles. The molecular formula is C14H24O3S. The molecule has 0 aromatic heterocycles. The monoisotopic (exact) mass is 272 g/mol. The van der Waals surface area contributed by atoms with Crippen molar-refractivity contribution in [2.45, 2.75) is 51.6 Å². The van der Waals surface area contributed by atoms with Crippen LogP contribution in [0, 0.1) is 11.3 Å². The van der Waals surface area contributed by atoms with E-state index in [0.717, 1.165) is 50.2 Å². The first-order valence-corrected chi connectivity index (χ1v) is 8.19. The zero-order valence-electron chi connectivity index (χ0n) is 11.4. The molecule has 0 amide bonds. The van der Waals surface area contributed by atoms with Crippen LogP contribution in [0.4, 0.5) is 0 Å². The molecule has 2 heterocycles. The third-order valence-corrected chi connectivity index (χ3v) is 6.25. The number of carboxylic acids is 1. The van der Waals surface area contributed by atoms with Gasteiger partial charge in [-0.15, -0.1) is 0 Å². The van der Waals surface area contributed by atoms with Gasteiger partial charge in [0.1, 0.15) is 0 Å². The molecule has 2 aliphatic rings. The van der Waals surface area contributed by atoms with Gasteiger partial charge in [0.15, 0.2) is 0 Å². The number of thioether (sulfide) groups is 1. The van der Waals surface area contributed by atoms with Gasteiger partial charge in [0.25, 0.3) is 0 Å². The Labute approximate surface area is 114 Å². The van der Waals surface area contributed by atoms with Gasteiger partial charge in [-0.3, -0.25) is 4.79 Å². The summed E-state index contributed by atoms with van der Waals surface area (Å²) >= 11 is 1.94. The molecule has 2 fully saturated rings. The molecule has 2 atom stereocenters. The van der Waals surface area contributed by atoms with Gasteiger partial charge in [-0.25, -0.2) is 0 Å². The van der Waals surface area contributed by atoms with E-state index in [2.05, 4.69) is 0 Å². The van der Waals surface area contributed by atoms with E-state index in [4.69, 9.17) is 4.74 Å². The zero-order chi connectivity index (χ0) is 13.2. The second kappa shape index (κ2) is 5.41. The first kappa shape index (κ1) is 14.2. The van der Waals surface area contributed by atoms with Gasteiger partial charge in [-0.05, 0) is 43.8 Å². The largest absolute Gasteiger partial charge is 0.481 e. The summed E-state index contributed by atoms with van der Waals surface area (Å²) in [5.74, 6) is 1.87. The standard InChI is InChI=1S/C14H24O3S/c1-3-14(4-2,12(15)16)11-5-7-17-13(9-11)6-8-18-10-13/h11H,3-10H2,1-2H3,(H,15,16). The number of carbonyl (C=O) groups is 1. The van der Waals surface area contributed by atoms with Crippen LogP contribution < -0.4 is 0 Å². The SMILES string of the molecule is CCC(CC)(C(=O)O)C1CCOC2(CCSC2)C1. The molecule has 0 saturated carbocycles. The molecule has 2 unspecified atom stereocenters. The minimum atomic E-state index is -0.611. The van der Waals surface area contributed by atoms with Crippen molar-refractivity contribution in [3.63, 3.8) is 0 Å². The highest BCUT2D eigenvalue weighted by atomic mass is 32.2. The zero-order valence-corrected chi connectivity index (χ0v) is 12.2. The normalized spacial score (nSPS) is 32.9. The molecule has 0 radical (unpaired) electrons. The molecule has 3 nitrogen and oxygen atoms in total. The van der Waals surface area contributed by atoms with Crippen molar-refractivity contribution in [3.8, 4) is 0 Å². The van der Waals surface area contributed by atoms with Crippen LogP contribution in [0.1, 0.15) is 46.0 Å². The average Bonchev–Trinajstić information content (AvgIpc) is 2.79. The van der Waals surface area contributed by atoms with Crippen molar-refractivity contribution in [3.05, 3.63) is 0 Å². The molecule has 4 heteroatoms. The molecule has 2 saturated heterocycles. The van der Waals surface area contributed by atoms with E-state index < -0.39 is 11.4 Å². The summed E-state index contributed by atoms with van der Waals surface area (Å²) in [5.41, 5.74) is -0.553. The maximum atomic E-state index is 11.7. The highest BCUT2D eigenvalue weighted by Crippen LogP contribution is 2.48. The highest BCUT2D eigenvalue weighted by Gasteiger charge is 2.50. The van der Waals surface area contributed by atoms with Crippen LogP contribution >= 0.6 is 11.8 Å². The predicted molar refractivity (Wildman–Crippen MR) is 74.0 cm³/mol. The number of hydrogen-bond acceptors (Lipinski definition) is 3. The van der Waals surface area contributed by atoms with Gasteiger partial charge >= 0.3 is 5.97 Å². The Bertz CT molecular complexity index is 306.